The average molecular weight is 506 g/mol. The lowest BCUT2D eigenvalue weighted by molar-refractivity contribution is -0.127. The predicted molar refractivity (Wildman–Crippen MR) is 126 cm³/mol. The SMILES string of the molecule is CC1(NCCOc2ccc(Cl)c(Cl)c2)CC(C)(NC(=O)COc2ccc(Cl)c(Cl)c2)C1. The number of amides is 1. The minimum Gasteiger partial charge on any atom is -0.492 e. The smallest absolute Gasteiger partial charge is 0.258 e. The Morgan fingerprint density at radius 2 is 1.42 bits per heavy atom. The van der Waals surface area contributed by atoms with Gasteiger partial charge in [-0.3, -0.25) is 4.79 Å². The summed E-state index contributed by atoms with van der Waals surface area (Å²) >= 11 is 23.7. The van der Waals surface area contributed by atoms with Crippen LogP contribution >= 0.6 is 46.4 Å². The number of carbonyl (C=O) groups is 1. The molecule has 168 valence electrons. The summed E-state index contributed by atoms with van der Waals surface area (Å²) in [6.07, 6.45) is 1.59. The first-order chi connectivity index (χ1) is 14.6. The van der Waals surface area contributed by atoms with E-state index in [2.05, 4.69) is 17.6 Å². The molecule has 0 atom stereocenters. The van der Waals surface area contributed by atoms with E-state index in [1.165, 1.54) is 0 Å². The molecular formula is C22H24Cl4N2O3. The number of carbonyl (C=O) groups excluding carboxylic acids is 1. The Hall–Kier alpha value is -1.37. The highest BCUT2D eigenvalue weighted by molar-refractivity contribution is 6.42. The summed E-state index contributed by atoms with van der Waals surface area (Å²) in [5.74, 6) is 0.990. The van der Waals surface area contributed by atoms with Crippen LogP contribution in [0, 0.1) is 0 Å². The third kappa shape index (κ3) is 6.80. The van der Waals surface area contributed by atoms with Gasteiger partial charge in [0.25, 0.3) is 5.91 Å². The van der Waals surface area contributed by atoms with Crippen molar-refractivity contribution < 1.29 is 14.3 Å². The van der Waals surface area contributed by atoms with E-state index in [4.69, 9.17) is 55.9 Å². The summed E-state index contributed by atoms with van der Waals surface area (Å²) in [5.41, 5.74) is -0.363. The lowest BCUT2D eigenvalue weighted by Crippen LogP contribution is -2.68. The van der Waals surface area contributed by atoms with Gasteiger partial charge < -0.3 is 20.1 Å². The largest absolute Gasteiger partial charge is 0.492 e. The van der Waals surface area contributed by atoms with Crippen LogP contribution in [0.1, 0.15) is 26.7 Å². The molecule has 0 radical (unpaired) electrons. The summed E-state index contributed by atoms with van der Waals surface area (Å²) in [5, 5.41) is 8.33. The van der Waals surface area contributed by atoms with E-state index in [0.717, 1.165) is 12.8 Å². The van der Waals surface area contributed by atoms with Crippen LogP contribution in [-0.2, 0) is 4.79 Å². The van der Waals surface area contributed by atoms with E-state index in [1.54, 1.807) is 36.4 Å². The van der Waals surface area contributed by atoms with Crippen LogP contribution < -0.4 is 20.1 Å². The quantitative estimate of drug-likeness (QED) is 0.424. The highest BCUT2D eigenvalue weighted by Gasteiger charge is 2.49. The molecule has 1 aliphatic carbocycles. The molecule has 0 aliphatic heterocycles. The van der Waals surface area contributed by atoms with Crippen molar-refractivity contribution in [1.82, 2.24) is 10.6 Å². The molecule has 2 N–H and O–H groups in total. The zero-order valence-corrected chi connectivity index (χ0v) is 20.3. The van der Waals surface area contributed by atoms with E-state index >= 15 is 0 Å². The van der Waals surface area contributed by atoms with Crippen LogP contribution in [0.3, 0.4) is 0 Å². The van der Waals surface area contributed by atoms with Gasteiger partial charge in [-0.1, -0.05) is 46.4 Å². The second-order valence-corrected chi connectivity index (χ2v) is 9.87. The first-order valence-electron chi connectivity index (χ1n) is 9.79. The first kappa shape index (κ1) is 24.3. The molecule has 0 spiro atoms. The molecule has 0 aromatic heterocycles. The van der Waals surface area contributed by atoms with Gasteiger partial charge in [0.2, 0.25) is 0 Å². The third-order valence-electron chi connectivity index (χ3n) is 5.08. The average Bonchev–Trinajstić information content (AvgIpc) is 2.67. The summed E-state index contributed by atoms with van der Waals surface area (Å²) in [4.78, 5) is 12.3. The normalized spacial score (nSPS) is 22.5. The monoisotopic (exact) mass is 504 g/mol. The fourth-order valence-corrected chi connectivity index (χ4v) is 4.64. The van der Waals surface area contributed by atoms with Crippen LogP contribution in [0.2, 0.25) is 20.1 Å². The van der Waals surface area contributed by atoms with Gasteiger partial charge in [0.05, 0.1) is 20.1 Å². The van der Waals surface area contributed by atoms with Crippen molar-refractivity contribution in [3.05, 3.63) is 56.5 Å². The van der Waals surface area contributed by atoms with Gasteiger partial charge in [-0.25, -0.2) is 0 Å². The van der Waals surface area contributed by atoms with Crippen LogP contribution in [0.4, 0.5) is 0 Å². The zero-order chi connectivity index (χ0) is 22.6. The Morgan fingerprint density at radius 1 is 0.871 bits per heavy atom. The molecular weight excluding hydrogens is 482 g/mol. The number of halogens is 4. The lowest BCUT2D eigenvalue weighted by atomic mass is 9.64. The Morgan fingerprint density at radius 3 is 1.97 bits per heavy atom. The summed E-state index contributed by atoms with van der Waals surface area (Å²) < 4.78 is 11.2. The van der Waals surface area contributed by atoms with E-state index < -0.39 is 0 Å². The Bertz CT molecular complexity index is 948. The first-order valence-corrected chi connectivity index (χ1v) is 11.3. The Balaban J connectivity index is 1.37. The van der Waals surface area contributed by atoms with Gasteiger partial charge in [-0.15, -0.1) is 0 Å². The highest BCUT2D eigenvalue weighted by atomic mass is 35.5. The molecule has 0 unspecified atom stereocenters. The molecule has 1 saturated carbocycles. The molecule has 1 aliphatic rings. The van der Waals surface area contributed by atoms with E-state index in [1.807, 2.05) is 6.92 Å². The maximum atomic E-state index is 12.3. The molecule has 3 rings (SSSR count). The zero-order valence-electron chi connectivity index (χ0n) is 17.2. The van der Waals surface area contributed by atoms with E-state index in [-0.39, 0.29) is 23.6 Å². The van der Waals surface area contributed by atoms with Gasteiger partial charge in [-0.2, -0.15) is 0 Å². The second-order valence-electron chi connectivity index (χ2n) is 8.24. The minimum atomic E-state index is -0.287. The fraction of sp³-hybridized carbons (Fsp3) is 0.409. The standard InChI is InChI=1S/C22H24Cl4N2O3/c1-21(27-7-8-30-14-3-5-16(23)18(25)9-14)12-22(2,13-21)28-20(29)11-31-15-4-6-17(24)19(26)10-15/h3-6,9-10,27H,7-8,11-13H2,1-2H3,(H,28,29). The molecule has 2 aromatic carbocycles. The van der Waals surface area contributed by atoms with Crippen molar-refractivity contribution in [2.24, 2.45) is 0 Å². The van der Waals surface area contributed by atoms with Crippen LogP contribution in [0.25, 0.3) is 0 Å². The highest BCUT2D eigenvalue weighted by Crippen LogP contribution is 2.40. The summed E-state index contributed by atoms with van der Waals surface area (Å²) in [6, 6.07) is 10.1. The van der Waals surface area contributed by atoms with Crippen LogP contribution in [-0.4, -0.2) is 36.7 Å². The number of hydrogen-bond donors (Lipinski definition) is 2. The van der Waals surface area contributed by atoms with Crippen molar-refractivity contribution >= 4 is 52.3 Å². The molecule has 31 heavy (non-hydrogen) atoms. The number of hydrogen-bond acceptors (Lipinski definition) is 4. The summed E-state index contributed by atoms with van der Waals surface area (Å²) in [6.45, 7) is 5.23. The van der Waals surface area contributed by atoms with Crippen molar-refractivity contribution in [1.29, 1.82) is 0 Å². The van der Waals surface area contributed by atoms with Crippen molar-refractivity contribution in [2.75, 3.05) is 19.8 Å². The molecule has 1 amide bonds. The minimum absolute atomic E-state index is 0.0758. The van der Waals surface area contributed by atoms with Crippen LogP contribution in [0.5, 0.6) is 11.5 Å². The number of rotatable bonds is 9. The second kappa shape index (κ2) is 10.1. The topological polar surface area (TPSA) is 59.6 Å². The number of ether oxygens (including phenoxy) is 2. The molecule has 2 aromatic rings. The number of benzene rings is 2. The maximum absolute atomic E-state index is 12.3. The van der Waals surface area contributed by atoms with E-state index in [9.17, 15) is 4.79 Å². The molecule has 9 heteroatoms. The van der Waals surface area contributed by atoms with Crippen molar-refractivity contribution in [3.8, 4) is 11.5 Å². The lowest BCUT2D eigenvalue weighted by Gasteiger charge is -2.53. The van der Waals surface area contributed by atoms with Gasteiger partial charge in [-0.05, 0) is 51.0 Å². The van der Waals surface area contributed by atoms with Crippen molar-refractivity contribution in [3.63, 3.8) is 0 Å². The molecule has 5 nitrogen and oxygen atoms in total. The predicted octanol–water partition coefficient (Wildman–Crippen LogP) is 5.78. The fourth-order valence-electron chi connectivity index (χ4n) is 4.06. The molecule has 0 bridgehead atoms. The molecule has 0 heterocycles. The van der Waals surface area contributed by atoms with Crippen molar-refractivity contribution in [2.45, 2.75) is 37.8 Å². The molecule has 1 fully saturated rings. The molecule has 0 saturated heterocycles. The number of nitrogens with one attached hydrogen (secondary N) is 2. The Labute approximate surface area is 202 Å². The third-order valence-corrected chi connectivity index (χ3v) is 6.55. The van der Waals surface area contributed by atoms with Gasteiger partial charge >= 0.3 is 0 Å². The van der Waals surface area contributed by atoms with Gasteiger partial charge in [0, 0.05) is 29.8 Å². The summed E-state index contributed by atoms with van der Waals surface area (Å²) in [7, 11) is 0. The van der Waals surface area contributed by atoms with Gasteiger partial charge in [0.15, 0.2) is 6.61 Å². The van der Waals surface area contributed by atoms with Gasteiger partial charge in [0.1, 0.15) is 18.1 Å². The van der Waals surface area contributed by atoms with Crippen LogP contribution in [0.15, 0.2) is 36.4 Å². The Kier molecular flexibility index (Phi) is 7.87. The van der Waals surface area contributed by atoms with E-state index in [0.29, 0.717) is 44.7 Å². The maximum Gasteiger partial charge on any atom is 0.258 e.